The summed E-state index contributed by atoms with van der Waals surface area (Å²) in [6.07, 6.45) is 0. The molecule has 0 radical (unpaired) electrons. The van der Waals surface area contributed by atoms with Gasteiger partial charge in [-0.2, -0.15) is 5.26 Å². The summed E-state index contributed by atoms with van der Waals surface area (Å²) >= 11 is 0. The van der Waals surface area contributed by atoms with E-state index in [4.69, 9.17) is 0 Å². The van der Waals surface area contributed by atoms with Crippen molar-refractivity contribution in [1.82, 2.24) is 0 Å². The molecule has 0 aliphatic heterocycles. The lowest BCUT2D eigenvalue weighted by atomic mass is 9.73. The normalized spacial score (nSPS) is 21.2. The van der Waals surface area contributed by atoms with Crippen molar-refractivity contribution in [1.29, 1.82) is 5.26 Å². The number of fused-ring (bicyclic) bond motifs is 3. The summed E-state index contributed by atoms with van der Waals surface area (Å²) in [6.45, 7) is 2.14. The monoisotopic (exact) mass is 219 g/mol. The van der Waals surface area contributed by atoms with Crippen LogP contribution in [0.25, 0.3) is 11.1 Å². The highest BCUT2D eigenvalue weighted by Crippen LogP contribution is 2.45. The zero-order chi connectivity index (χ0) is 11.8. The van der Waals surface area contributed by atoms with Crippen LogP contribution in [0.1, 0.15) is 29.9 Å². The van der Waals surface area contributed by atoms with Crippen molar-refractivity contribution in [3.05, 3.63) is 59.7 Å². The van der Waals surface area contributed by atoms with E-state index in [1.54, 1.807) is 0 Å². The number of benzene rings is 2. The first-order chi connectivity index (χ1) is 8.33. The van der Waals surface area contributed by atoms with Gasteiger partial charge in [-0.15, -0.1) is 0 Å². The molecule has 0 aromatic heterocycles. The van der Waals surface area contributed by atoms with Gasteiger partial charge in [0.15, 0.2) is 0 Å². The van der Waals surface area contributed by atoms with Gasteiger partial charge in [0.1, 0.15) is 0 Å². The highest BCUT2D eigenvalue weighted by Gasteiger charge is 2.30. The molecule has 17 heavy (non-hydrogen) atoms. The molecule has 0 spiro atoms. The molecular weight excluding hydrogens is 206 g/mol. The lowest BCUT2D eigenvalue weighted by molar-refractivity contribution is 0.678. The van der Waals surface area contributed by atoms with Crippen LogP contribution in [0.5, 0.6) is 0 Å². The predicted molar refractivity (Wildman–Crippen MR) is 68.6 cm³/mol. The lowest BCUT2D eigenvalue weighted by Crippen LogP contribution is -2.14. The molecule has 1 aliphatic carbocycles. The summed E-state index contributed by atoms with van der Waals surface area (Å²) in [7, 11) is 0. The van der Waals surface area contributed by atoms with E-state index < -0.39 is 0 Å². The predicted octanol–water partition coefficient (Wildman–Crippen LogP) is 4.08. The standard InChI is InChI=1S/C16H13N/c1-11-12-6-2-3-7-13(12)14-8-4-5-9-15(14)16(11)10-17/h2-9,11,16H,1H3. The van der Waals surface area contributed by atoms with Crippen LogP contribution in [0.2, 0.25) is 0 Å². The molecule has 0 N–H and O–H groups in total. The van der Waals surface area contributed by atoms with Crippen molar-refractivity contribution in [2.45, 2.75) is 18.8 Å². The Labute approximate surface area is 101 Å². The molecule has 82 valence electrons. The molecule has 3 rings (SSSR count). The summed E-state index contributed by atoms with van der Waals surface area (Å²) in [6, 6.07) is 19.1. The van der Waals surface area contributed by atoms with Crippen molar-refractivity contribution >= 4 is 0 Å². The summed E-state index contributed by atoms with van der Waals surface area (Å²) < 4.78 is 0. The van der Waals surface area contributed by atoms with Crippen LogP contribution in [0, 0.1) is 11.3 Å². The Kier molecular flexibility index (Phi) is 2.23. The van der Waals surface area contributed by atoms with Crippen LogP contribution in [-0.4, -0.2) is 0 Å². The molecule has 1 heteroatoms. The summed E-state index contributed by atoms with van der Waals surface area (Å²) in [4.78, 5) is 0. The van der Waals surface area contributed by atoms with Crippen LogP contribution < -0.4 is 0 Å². The zero-order valence-corrected chi connectivity index (χ0v) is 9.72. The molecule has 1 nitrogen and oxygen atoms in total. The quantitative estimate of drug-likeness (QED) is 0.655. The fourth-order valence-corrected chi connectivity index (χ4v) is 2.78. The van der Waals surface area contributed by atoms with Gasteiger partial charge >= 0.3 is 0 Å². The van der Waals surface area contributed by atoms with Gasteiger partial charge < -0.3 is 0 Å². The van der Waals surface area contributed by atoms with Gasteiger partial charge in [-0.05, 0) is 22.3 Å². The van der Waals surface area contributed by atoms with Crippen LogP contribution in [-0.2, 0) is 0 Å². The number of hydrogen-bond acceptors (Lipinski definition) is 1. The smallest absolute Gasteiger partial charge is 0.0784 e. The van der Waals surface area contributed by atoms with E-state index in [-0.39, 0.29) is 11.8 Å². The van der Waals surface area contributed by atoms with Gasteiger partial charge in [0, 0.05) is 5.92 Å². The van der Waals surface area contributed by atoms with E-state index in [0.717, 1.165) is 0 Å². The Morgan fingerprint density at radius 3 is 2.06 bits per heavy atom. The molecular formula is C16H13N. The molecule has 0 bridgehead atoms. The zero-order valence-electron chi connectivity index (χ0n) is 9.72. The third kappa shape index (κ3) is 1.38. The van der Waals surface area contributed by atoms with E-state index in [2.05, 4.69) is 49.4 Å². The topological polar surface area (TPSA) is 23.8 Å². The van der Waals surface area contributed by atoms with E-state index in [1.165, 1.54) is 22.3 Å². The first-order valence-electron chi connectivity index (χ1n) is 5.91. The molecule has 2 atom stereocenters. The highest BCUT2D eigenvalue weighted by atomic mass is 14.4. The molecule has 0 heterocycles. The Hall–Kier alpha value is -2.07. The molecule has 1 aliphatic rings. The third-order valence-electron chi connectivity index (χ3n) is 3.68. The maximum Gasteiger partial charge on any atom is 0.0784 e. The van der Waals surface area contributed by atoms with Crippen molar-refractivity contribution < 1.29 is 0 Å². The average Bonchev–Trinajstić information content (AvgIpc) is 2.40. The fourth-order valence-electron chi connectivity index (χ4n) is 2.78. The van der Waals surface area contributed by atoms with Gasteiger partial charge in [0.25, 0.3) is 0 Å². The Bertz CT molecular complexity index is 607. The Morgan fingerprint density at radius 1 is 0.882 bits per heavy atom. The molecule has 2 aromatic carbocycles. The number of nitrogens with zero attached hydrogens (tertiary/aromatic N) is 1. The average molecular weight is 219 g/mol. The second kappa shape index (κ2) is 3.75. The lowest BCUT2D eigenvalue weighted by Gasteiger charge is -2.29. The van der Waals surface area contributed by atoms with Gasteiger partial charge in [0.2, 0.25) is 0 Å². The van der Waals surface area contributed by atoms with Gasteiger partial charge in [0.05, 0.1) is 12.0 Å². The molecule has 0 saturated heterocycles. The maximum absolute atomic E-state index is 9.38. The third-order valence-corrected chi connectivity index (χ3v) is 3.68. The van der Waals surface area contributed by atoms with Gasteiger partial charge in [-0.3, -0.25) is 0 Å². The van der Waals surface area contributed by atoms with E-state index in [0.29, 0.717) is 0 Å². The van der Waals surface area contributed by atoms with E-state index in [9.17, 15) is 5.26 Å². The first kappa shape index (κ1) is 10.1. The maximum atomic E-state index is 9.38. The SMILES string of the molecule is CC1c2ccccc2-c2ccccc2C1C#N. The van der Waals surface area contributed by atoms with Crippen molar-refractivity contribution in [3.8, 4) is 17.2 Å². The Morgan fingerprint density at radius 2 is 1.41 bits per heavy atom. The van der Waals surface area contributed by atoms with Gasteiger partial charge in [-0.1, -0.05) is 55.5 Å². The second-order valence-electron chi connectivity index (χ2n) is 4.57. The van der Waals surface area contributed by atoms with Crippen molar-refractivity contribution in [2.24, 2.45) is 0 Å². The molecule has 0 amide bonds. The highest BCUT2D eigenvalue weighted by molar-refractivity contribution is 5.75. The summed E-state index contributed by atoms with van der Waals surface area (Å²) in [5.41, 5.74) is 4.95. The molecule has 0 saturated carbocycles. The van der Waals surface area contributed by atoms with E-state index in [1.807, 2.05) is 12.1 Å². The largest absolute Gasteiger partial charge is 0.198 e. The Balaban J connectivity index is 2.34. The number of nitriles is 1. The van der Waals surface area contributed by atoms with Crippen molar-refractivity contribution in [3.63, 3.8) is 0 Å². The summed E-state index contributed by atoms with van der Waals surface area (Å²) in [5, 5.41) is 9.38. The number of hydrogen-bond donors (Lipinski definition) is 0. The second-order valence-corrected chi connectivity index (χ2v) is 4.57. The minimum Gasteiger partial charge on any atom is -0.198 e. The molecule has 2 unspecified atom stereocenters. The van der Waals surface area contributed by atoms with E-state index >= 15 is 0 Å². The summed E-state index contributed by atoms with van der Waals surface area (Å²) in [5.74, 6) is 0.243. The minimum atomic E-state index is -0.0268. The van der Waals surface area contributed by atoms with Gasteiger partial charge in [-0.25, -0.2) is 0 Å². The number of rotatable bonds is 0. The molecule has 0 fully saturated rings. The van der Waals surface area contributed by atoms with Crippen LogP contribution in [0.15, 0.2) is 48.5 Å². The van der Waals surface area contributed by atoms with Crippen LogP contribution in [0.3, 0.4) is 0 Å². The van der Waals surface area contributed by atoms with Crippen LogP contribution in [0.4, 0.5) is 0 Å². The van der Waals surface area contributed by atoms with Crippen molar-refractivity contribution in [2.75, 3.05) is 0 Å². The fraction of sp³-hybridized carbons (Fsp3) is 0.188. The molecule has 2 aromatic rings. The minimum absolute atomic E-state index is 0.0268. The first-order valence-corrected chi connectivity index (χ1v) is 5.91. The van der Waals surface area contributed by atoms with Crippen LogP contribution >= 0.6 is 0 Å².